The van der Waals surface area contributed by atoms with Crippen molar-refractivity contribution in [3.8, 4) is 11.8 Å². The molecule has 0 aromatic carbocycles. The second-order valence-corrected chi connectivity index (χ2v) is 6.81. The Morgan fingerprint density at radius 1 is 1.50 bits per heavy atom. The number of hydrogen-bond acceptors (Lipinski definition) is 3. The summed E-state index contributed by atoms with van der Waals surface area (Å²) in [5.74, 6) is 5.84. The van der Waals surface area contributed by atoms with Crippen LogP contribution in [0.3, 0.4) is 0 Å². The lowest BCUT2D eigenvalue weighted by Crippen LogP contribution is -2.42. The fourth-order valence-electron chi connectivity index (χ4n) is 1.70. The van der Waals surface area contributed by atoms with Crippen LogP contribution in [0.2, 0.25) is 0 Å². The maximum Gasteiger partial charge on any atom is 0.265 e. The summed E-state index contributed by atoms with van der Waals surface area (Å²) < 4.78 is 0. The molecule has 1 amide bonds. The molecule has 0 aliphatic rings. The Morgan fingerprint density at radius 3 is 2.70 bits per heavy atom. The standard InChI is InChI=1S/C16H23NO2S/c1-12(16(2,3)4)17(5)15(19)14-13(9-11-20-14)8-6-7-10-18/h9,11-12,18H,7,10H2,1-5H3. The Labute approximate surface area is 125 Å². The smallest absolute Gasteiger partial charge is 0.265 e. The van der Waals surface area contributed by atoms with Gasteiger partial charge in [-0.25, -0.2) is 0 Å². The quantitative estimate of drug-likeness (QED) is 0.870. The van der Waals surface area contributed by atoms with E-state index in [4.69, 9.17) is 5.11 Å². The molecule has 3 nitrogen and oxygen atoms in total. The van der Waals surface area contributed by atoms with E-state index >= 15 is 0 Å². The van der Waals surface area contributed by atoms with Gasteiger partial charge in [0.2, 0.25) is 0 Å². The third-order valence-corrected chi connectivity index (χ3v) is 4.38. The minimum Gasteiger partial charge on any atom is -0.395 e. The van der Waals surface area contributed by atoms with Crippen LogP contribution in [0.15, 0.2) is 11.4 Å². The maximum absolute atomic E-state index is 12.6. The molecule has 0 fully saturated rings. The summed E-state index contributed by atoms with van der Waals surface area (Å²) in [4.78, 5) is 15.0. The highest BCUT2D eigenvalue weighted by Gasteiger charge is 2.28. The van der Waals surface area contributed by atoms with Crippen molar-refractivity contribution in [2.45, 2.75) is 40.2 Å². The number of aliphatic hydroxyl groups excluding tert-OH is 1. The number of aliphatic hydroxyl groups is 1. The molecule has 0 spiro atoms. The Bertz CT molecular complexity index is 517. The van der Waals surface area contributed by atoms with Gasteiger partial charge in [0.15, 0.2) is 0 Å². The normalized spacial score (nSPS) is 12.5. The first-order chi connectivity index (χ1) is 9.29. The number of amides is 1. The van der Waals surface area contributed by atoms with Crippen LogP contribution >= 0.6 is 11.3 Å². The fraction of sp³-hybridized carbons (Fsp3) is 0.562. The molecule has 4 heteroatoms. The number of carbonyl (C=O) groups is 1. The number of nitrogens with zero attached hydrogens (tertiary/aromatic N) is 1. The van der Waals surface area contributed by atoms with Gasteiger partial charge in [0, 0.05) is 25.1 Å². The zero-order valence-corrected chi connectivity index (χ0v) is 13.7. The van der Waals surface area contributed by atoms with Crippen molar-refractivity contribution in [3.05, 3.63) is 21.9 Å². The highest BCUT2D eigenvalue weighted by Crippen LogP contribution is 2.26. The zero-order chi connectivity index (χ0) is 15.3. The van der Waals surface area contributed by atoms with E-state index in [0.29, 0.717) is 11.3 Å². The Morgan fingerprint density at radius 2 is 2.15 bits per heavy atom. The first kappa shape index (κ1) is 16.7. The summed E-state index contributed by atoms with van der Waals surface area (Å²) in [6.07, 6.45) is 0.428. The van der Waals surface area contributed by atoms with E-state index in [0.717, 1.165) is 5.56 Å². The molecule has 0 saturated heterocycles. The molecule has 1 rings (SSSR count). The monoisotopic (exact) mass is 293 g/mol. The fourth-order valence-corrected chi connectivity index (χ4v) is 2.54. The van der Waals surface area contributed by atoms with E-state index in [1.165, 1.54) is 11.3 Å². The summed E-state index contributed by atoms with van der Waals surface area (Å²) in [6.45, 7) is 8.47. The molecule has 0 radical (unpaired) electrons. The molecule has 0 aliphatic heterocycles. The van der Waals surface area contributed by atoms with Crippen LogP contribution in [-0.4, -0.2) is 35.6 Å². The molecule has 1 unspecified atom stereocenters. The van der Waals surface area contributed by atoms with Crippen molar-refractivity contribution < 1.29 is 9.90 Å². The van der Waals surface area contributed by atoms with E-state index in [2.05, 4.69) is 39.5 Å². The summed E-state index contributed by atoms with van der Waals surface area (Å²) in [7, 11) is 1.84. The molecule has 0 aliphatic carbocycles. The van der Waals surface area contributed by atoms with Crippen LogP contribution in [0.5, 0.6) is 0 Å². The van der Waals surface area contributed by atoms with Crippen LogP contribution in [0, 0.1) is 17.3 Å². The van der Waals surface area contributed by atoms with E-state index in [9.17, 15) is 4.79 Å². The molecule has 1 heterocycles. The third-order valence-electron chi connectivity index (χ3n) is 3.47. The van der Waals surface area contributed by atoms with Gasteiger partial charge < -0.3 is 10.0 Å². The lowest BCUT2D eigenvalue weighted by molar-refractivity contribution is 0.0634. The Hall–Kier alpha value is -1.31. The molecule has 20 heavy (non-hydrogen) atoms. The predicted molar refractivity (Wildman–Crippen MR) is 83.9 cm³/mol. The molecule has 0 bridgehead atoms. The average Bonchev–Trinajstić information content (AvgIpc) is 2.83. The van der Waals surface area contributed by atoms with Crippen molar-refractivity contribution in [2.75, 3.05) is 13.7 Å². The summed E-state index contributed by atoms with van der Waals surface area (Å²) >= 11 is 1.42. The number of thiophene rings is 1. The number of carbonyl (C=O) groups excluding carboxylic acids is 1. The molecule has 1 aromatic heterocycles. The SMILES string of the molecule is CC(N(C)C(=O)c1sccc1C#CCCO)C(C)(C)C. The minimum absolute atomic E-state index is 0.00993. The summed E-state index contributed by atoms with van der Waals surface area (Å²) in [6, 6.07) is 1.99. The minimum atomic E-state index is 0.00993. The van der Waals surface area contributed by atoms with Crippen molar-refractivity contribution in [3.63, 3.8) is 0 Å². The van der Waals surface area contributed by atoms with Gasteiger partial charge in [0.25, 0.3) is 5.91 Å². The molecule has 1 atom stereocenters. The van der Waals surface area contributed by atoms with Crippen LogP contribution in [0.4, 0.5) is 0 Å². The largest absolute Gasteiger partial charge is 0.395 e. The van der Waals surface area contributed by atoms with Crippen molar-refractivity contribution in [1.82, 2.24) is 4.90 Å². The molecule has 1 N–H and O–H groups in total. The molecule has 1 aromatic rings. The van der Waals surface area contributed by atoms with Gasteiger partial charge in [-0.05, 0) is 23.8 Å². The molecular weight excluding hydrogens is 270 g/mol. The highest BCUT2D eigenvalue weighted by atomic mass is 32.1. The van der Waals surface area contributed by atoms with Crippen molar-refractivity contribution >= 4 is 17.2 Å². The first-order valence-electron chi connectivity index (χ1n) is 6.73. The molecular formula is C16H23NO2S. The van der Waals surface area contributed by atoms with Crippen LogP contribution in [0.1, 0.15) is 49.4 Å². The van der Waals surface area contributed by atoms with Crippen LogP contribution < -0.4 is 0 Å². The Balaban J connectivity index is 2.94. The molecule has 0 saturated carbocycles. The van der Waals surface area contributed by atoms with Gasteiger partial charge in [-0.3, -0.25) is 4.79 Å². The van der Waals surface area contributed by atoms with Crippen LogP contribution in [-0.2, 0) is 0 Å². The van der Waals surface area contributed by atoms with Crippen molar-refractivity contribution in [2.24, 2.45) is 5.41 Å². The van der Waals surface area contributed by atoms with Crippen LogP contribution in [0.25, 0.3) is 0 Å². The van der Waals surface area contributed by atoms with Crippen molar-refractivity contribution in [1.29, 1.82) is 0 Å². The number of hydrogen-bond donors (Lipinski definition) is 1. The second kappa shape index (κ2) is 6.92. The van der Waals surface area contributed by atoms with Gasteiger partial charge in [0.1, 0.15) is 4.88 Å². The van der Waals surface area contributed by atoms with E-state index < -0.39 is 0 Å². The van der Waals surface area contributed by atoms with E-state index in [-0.39, 0.29) is 24.0 Å². The third kappa shape index (κ3) is 4.09. The highest BCUT2D eigenvalue weighted by molar-refractivity contribution is 7.12. The first-order valence-corrected chi connectivity index (χ1v) is 7.61. The zero-order valence-electron chi connectivity index (χ0n) is 12.9. The van der Waals surface area contributed by atoms with Gasteiger partial charge in [-0.2, -0.15) is 0 Å². The summed E-state index contributed by atoms with van der Waals surface area (Å²) in [5, 5.41) is 10.6. The van der Waals surface area contributed by atoms with Gasteiger partial charge in [0.05, 0.1) is 6.61 Å². The number of rotatable bonds is 3. The second-order valence-electron chi connectivity index (χ2n) is 5.90. The lowest BCUT2D eigenvalue weighted by Gasteiger charge is -2.35. The predicted octanol–water partition coefficient (Wildman–Crippen LogP) is 2.99. The lowest BCUT2D eigenvalue weighted by atomic mass is 9.87. The summed E-state index contributed by atoms with van der Waals surface area (Å²) in [5.41, 5.74) is 0.783. The molecule has 110 valence electrons. The Kier molecular flexibility index (Phi) is 5.79. The topological polar surface area (TPSA) is 40.5 Å². The average molecular weight is 293 g/mol. The maximum atomic E-state index is 12.6. The van der Waals surface area contributed by atoms with E-state index in [1.54, 1.807) is 4.90 Å². The van der Waals surface area contributed by atoms with Gasteiger partial charge in [-0.1, -0.05) is 32.6 Å². The van der Waals surface area contributed by atoms with Gasteiger partial charge >= 0.3 is 0 Å². The van der Waals surface area contributed by atoms with E-state index in [1.807, 2.05) is 18.5 Å². The van der Waals surface area contributed by atoms with Gasteiger partial charge in [-0.15, -0.1) is 11.3 Å².